The molecule has 2 aromatic carbocycles. The number of hydrazine groups is 1. The molecule has 0 saturated heterocycles. The van der Waals surface area contributed by atoms with E-state index in [0.717, 1.165) is 20.1 Å². The third-order valence-electron chi connectivity index (χ3n) is 3.23. The molecule has 106 valence electrons. The third kappa shape index (κ3) is 3.47. The lowest BCUT2D eigenvalue weighted by Crippen LogP contribution is -2.30. The van der Waals surface area contributed by atoms with Crippen molar-refractivity contribution in [2.24, 2.45) is 5.84 Å². The Morgan fingerprint density at radius 3 is 2.70 bits per heavy atom. The summed E-state index contributed by atoms with van der Waals surface area (Å²) in [5.41, 5.74) is 5.53. The Bertz CT molecular complexity index is 617. The van der Waals surface area contributed by atoms with Crippen molar-refractivity contribution in [1.29, 1.82) is 0 Å². The van der Waals surface area contributed by atoms with Crippen molar-refractivity contribution in [3.63, 3.8) is 0 Å². The van der Waals surface area contributed by atoms with Gasteiger partial charge in [0.05, 0.1) is 6.04 Å². The Labute approximate surface area is 134 Å². The van der Waals surface area contributed by atoms with Crippen molar-refractivity contribution < 1.29 is 4.39 Å². The normalized spacial score (nSPS) is 12.4. The van der Waals surface area contributed by atoms with Crippen LogP contribution in [0.1, 0.15) is 22.7 Å². The third-order valence-corrected chi connectivity index (χ3v) is 4.81. The lowest BCUT2D eigenvalue weighted by molar-refractivity contribution is 0.527. The Morgan fingerprint density at radius 1 is 1.25 bits per heavy atom. The van der Waals surface area contributed by atoms with Gasteiger partial charge in [-0.05, 0) is 48.2 Å². The van der Waals surface area contributed by atoms with E-state index in [1.807, 2.05) is 25.1 Å². The molecule has 0 aliphatic heterocycles. The van der Waals surface area contributed by atoms with E-state index in [2.05, 4.69) is 37.3 Å². The molecule has 0 fully saturated rings. The fraction of sp³-hybridized carbons (Fsp3) is 0.200. The fourth-order valence-electron chi connectivity index (χ4n) is 2.12. The second kappa shape index (κ2) is 6.80. The molecule has 0 spiro atoms. The average molecular weight is 402 g/mol. The topological polar surface area (TPSA) is 38.0 Å². The van der Waals surface area contributed by atoms with E-state index >= 15 is 0 Å². The molecule has 1 unspecified atom stereocenters. The minimum atomic E-state index is -0.225. The molecule has 2 nitrogen and oxygen atoms in total. The first kappa shape index (κ1) is 15.6. The highest BCUT2D eigenvalue weighted by Crippen LogP contribution is 2.29. The van der Waals surface area contributed by atoms with Crippen LogP contribution in [0.5, 0.6) is 0 Å². The van der Waals surface area contributed by atoms with Gasteiger partial charge in [-0.1, -0.05) is 50.1 Å². The van der Waals surface area contributed by atoms with Gasteiger partial charge in [-0.15, -0.1) is 0 Å². The molecular weight excluding hydrogens is 387 g/mol. The number of rotatable bonds is 4. The Kier molecular flexibility index (Phi) is 5.32. The van der Waals surface area contributed by atoms with Crippen LogP contribution in [0.2, 0.25) is 0 Å². The van der Waals surface area contributed by atoms with Crippen LogP contribution >= 0.6 is 31.9 Å². The summed E-state index contributed by atoms with van der Waals surface area (Å²) in [6.07, 6.45) is 0.476. The SMILES string of the molecule is Cc1cccc(C(Cc2cc(Br)ccc2F)NN)c1Br. The monoisotopic (exact) mass is 400 g/mol. The van der Waals surface area contributed by atoms with Gasteiger partial charge in [0.15, 0.2) is 0 Å². The fourth-order valence-corrected chi connectivity index (χ4v) is 3.07. The molecule has 0 aliphatic carbocycles. The zero-order valence-corrected chi connectivity index (χ0v) is 14.1. The molecule has 5 heteroatoms. The first-order chi connectivity index (χ1) is 9.52. The van der Waals surface area contributed by atoms with E-state index in [1.54, 1.807) is 12.1 Å². The van der Waals surface area contributed by atoms with Gasteiger partial charge in [0.1, 0.15) is 5.82 Å². The minimum Gasteiger partial charge on any atom is -0.271 e. The Balaban J connectivity index is 2.34. The first-order valence-electron chi connectivity index (χ1n) is 6.18. The minimum absolute atomic E-state index is 0.159. The van der Waals surface area contributed by atoms with Gasteiger partial charge in [0, 0.05) is 8.95 Å². The molecule has 2 rings (SSSR count). The molecule has 20 heavy (non-hydrogen) atoms. The van der Waals surface area contributed by atoms with E-state index in [4.69, 9.17) is 5.84 Å². The van der Waals surface area contributed by atoms with Crippen LogP contribution < -0.4 is 11.3 Å². The molecule has 0 aliphatic rings. The Hall–Kier alpha value is -0.750. The van der Waals surface area contributed by atoms with Gasteiger partial charge in [0.25, 0.3) is 0 Å². The van der Waals surface area contributed by atoms with Crippen LogP contribution in [0.4, 0.5) is 4.39 Å². The van der Waals surface area contributed by atoms with Gasteiger partial charge in [-0.25, -0.2) is 4.39 Å². The second-order valence-corrected chi connectivity index (χ2v) is 6.35. The lowest BCUT2D eigenvalue weighted by Gasteiger charge is -2.19. The van der Waals surface area contributed by atoms with E-state index in [-0.39, 0.29) is 11.9 Å². The second-order valence-electron chi connectivity index (χ2n) is 4.64. The van der Waals surface area contributed by atoms with Crippen LogP contribution in [0.15, 0.2) is 45.3 Å². The van der Waals surface area contributed by atoms with Crippen molar-refractivity contribution in [3.8, 4) is 0 Å². The summed E-state index contributed by atoms with van der Waals surface area (Å²) in [7, 11) is 0. The summed E-state index contributed by atoms with van der Waals surface area (Å²) in [5, 5.41) is 0. The first-order valence-corrected chi connectivity index (χ1v) is 7.76. The molecular formula is C15H15Br2FN2. The number of halogens is 3. The van der Waals surface area contributed by atoms with Crippen molar-refractivity contribution in [3.05, 3.63) is 67.9 Å². The van der Waals surface area contributed by atoms with E-state index in [9.17, 15) is 4.39 Å². The van der Waals surface area contributed by atoms with Gasteiger partial charge >= 0.3 is 0 Å². The molecule has 0 saturated carbocycles. The maximum absolute atomic E-state index is 13.9. The largest absolute Gasteiger partial charge is 0.271 e. The predicted molar refractivity (Wildman–Crippen MR) is 86.7 cm³/mol. The van der Waals surface area contributed by atoms with Crippen LogP contribution in [-0.4, -0.2) is 0 Å². The van der Waals surface area contributed by atoms with E-state index in [0.29, 0.717) is 12.0 Å². The maximum Gasteiger partial charge on any atom is 0.126 e. The van der Waals surface area contributed by atoms with Crippen molar-refractivity contribution in [2.75, 3.05) is 0 Å². The summed E-state index contributed by atoms with van der Waals surface area (Å²) >= 11 is 6.93. The van der Waals surface area contributed by atoms with Gasteiger partial charge in [-0.3, -0.25) is 11.3 Å². The Morgan fingerprint density at radius 2 is 2.00 bits per heavy atom. The molecule has 0 amide bonds. The lowest BCUT2D eigenvalue weighted by atomic mass is 9.98. The van der Waals surface area contributed by atoms with Crippen molar-refractivity contribution in [1.82, 2.24) is 5.43 Å². The highest BCUT2D eigenvalue weighted by molar-refractivity contribution is 9.10. The smallest absolute Gasteiger partial charge is 0.126 e. The zero-order valence-electron chi connectivity index (χ0n) is 11.0. The van der Waals surface area contributed by atoms with Gasteiger partial charge in [-0.2, -0.15) is 0 Å². The van der Waals surface area contributed by atoms with Crippen LogP contribution in [0.25, 0.3) is 0 Å². The quantitative estimate of drug-likeness (QED) is 0.588. The maximum atomic E-state index is 13.9. The van der Waals surface area contributed by atoms with E-state index < -0.39 is 0 Å². The average Bonchev–Trinajstić information content (AvgIpc) is 2.43. The number of nitrogens with two attached hydrogens (primary N) is 1. The molecule has 2 aromatic rings. The highest BCUT2D eigenvalue weighted by Gasteiger charge is 2.16. The van der Waals surface area contributed by atoms with Crippen molar-refractivity contribution in [2.45, 2.75) is 19.4 Å². The number of nitrogens with one attached hydrogen (secondary N) is 1. The molecule has 0 radical (unpaired) electrons. The predicted octanol–water partition coefficient (Wildman–Crippen LogP) is 4.41. The number of benzene rings is 2. The van der Waals surface area contributed by atoms with E-state index in [1.165, 1.54) is 6.07 Å². The molecule has 0 bridgehead atoms. The summed E-state index contributed by atoms with van der Waals surface area (Å²) < 4.78 is 15.7. The summed E-state index contributed by atoms with van der Waals surface area (Å²) in [5.74, 6) is 5.43. The number of hydrogen-bond acceptors (Lipinski definition) is 2. The standard InChI is InChI=1S/C15H15Br2FN2/c1-9-3-2-4-12(15(9)17)14(20-19)8-10-7-11(16)5-6-13(10)18/h2-7,14,20H,8,19H2,1H3. The molecule has 1 atom stereocenters. The summed E-state index contributed by atoms with van der Waals surface area (Å²) in [4.78, 5) is 0. The highest BCUT2D eigenvalue weighted by atomic mass is 79.9. The van der Waals surface area contributed by atoms with Crippen LogP contribution in [-0.2, 0) is 6.42 Å². The molecule has 0 heterocycles. The molecule has 3 N–H and O–H groups in total. The summed E-state index contributed by atoms with van der Waals surface area (Å²) in [6.45, 7) is 2.01. The van der Waals surface area contributed by atoms with Crippen LogP contribution in [0, 0.1) is 12.7 Å². The zero-order chi connectivity index (χ0) is 14.7. The summed E-state index contributed by atoms with van der Waals surface area (Å²) in [6, 6.07) is 10.7. The van der Waals surface area contributed by atoms with Gasteiger partial charge in [0.2, 0.25) is 0 Å². The number of hydrogen-bond donors (Lipinski definition) is 2. The van der Waals surface area contributed by atoms with Gasteiger partial charge < -0.3 is 0 Å². The van der Waals surface area contributed by atoms with Crippen LogP contribution in [0.3, 0.4) is 0 Å². The molecule has 0 aromatic heterocycles. The van der Waals surface area contributed by atoms with Crippen molar-refractivity contribution >= 4 is 31.9 Å². The number of aryl methyl sites for hydroxylation is 1.